The number of allylic oxidation sites excluding steroid dienone is 1. The average Bonchev–Trinajstić information content (AvgIpc) is 2.63. The Morgan fingerprint density at radius 3 is 2.87 bits per heavy atom. The van der Waals surface area contributed by atoms with Crippen LogP contribution in [0.1, 0.15) is 24.1 Å². The highest BCUT2D eigenvalue weighted by Gasteiger charge is 2.14. The molecule has 23 heavy (non-hydrogen) atoms. The van der Waals surface area contributed by atoms with Gasteiger partial charge in [0, 0.05) is 29.9 Å². The average molecular weight is 300 g/mol. The standard InChI is InChI=1S/C19H16N4/c1-2-8-18-14(5-1)11-17(22-23-18)12-15-6-4-10-21-19(15)16-7-3-9-20-13-16/h1-3,5,7-9,11-13H,4,6,10H2. The van der Waals surface area contributed by atoms with Gasteiger partial charge in [0.05, 0.1) is 16.9 Å². The van der Waals surface area contributed by atoms with Gasteiger partial charge in [-0.1, -0.05) is 18.2 Å². The first-order chi connectivity index (χ1) is 11.4. The number of aromatic nitrogens is 3. The lowest BCUT2D eigenvalue weighted by Gasteiger charge is -2.16. The first kappa shape index (κ1) is 13.8. The van der Waals surface area contributed by atoms with Crippen LogP contribution >= 0.6 is 0 Å². The van der Waals surface area contributed by atoms with Gasteiger partial charge in [-0.3, -0.25) is 9.98 Å². The van der Waals surface area contributed by atoms with Crippen molar-refractivity contribution < 1.29 is 0 Å². The molecule has 0 aliphatic carbocycles. The molecular formula is C19H16N4. The number of hydrogen-bond donors (Lipinski definition) is 0. The number of nitrogens with zero attached hydrogens (tertiary/aromatic N) is 4. The van der Waals surface area contributed by atoms with Gasteiger partial charge >= 0.3 is 0 Å². The first-order valence-electron chi connectivity index (χ1n) is 7.78. The summed E-state index contributed by atoms with van der Waals surface area (Å²) in [6.07, 6.45) is 7.82. The minimum atomic E-state index is 0.866. The zero-order valence-corrected chi connectivity index (χ0v) is 12.7. The van der Waals surface area contributed by atoms with Crippen LogP contribution in [0.25, 0.3) is 17.0 Å². The Labute approximate surface area is 134 Å². The molecule has 0 unspecified atom stereocenters. The van der Waals surface area contributed by atoms with Crippen molar-refractivity contribution in [3.63, 3.8) is 0 Å². The van der Waals surface area contributed by atoms with Crippen molar-refractivity contribution in [3.05, 3.63) is 71.7 Å². The fourth-order valence-electron chi connectivity index (χ4n) is 2.85. The third kappa shape index (κ3) is 2.88. The molecule has 3 heterocycles. The van der Waals surface area contributed by atoms with Gasteiger partial charge in [0.1, 0.15) is 0 Å². The molecule has 4 heteroatoms. The molecule has 0 spiro atoms. The second-order valence-corrected chi connectivity index (χ2v) is 5.57. The SMILES string of the molecule is C(=C1CCCN=C1c1cccnc1)c1cc2ccccc2nn1. The topological polar surface area (TPSA) is 51.0 Å². The van der Waals surface area contributed by atoms with Gasteiger partial charge in [-0.05, 0) is 48.8 Å². The highest BCUT2D eigenvalue weighted by Crippen LogP contribution is 2.22. The Morgan fingerprint density at radius 1 is 1.00 bits per heavy atom. The van der Waals surface area contributed by atoms with Crippen LogP contribution < -0.4 is 0 Å². The number of benzene rings is 1. The summed E-state index contributed by atoms with van der Waals surface area (Å²) in [5, 5.41) is 9.73. The zero-order chi connectivity index (χ0) is 15.5. The van der Waals surface area contributed by atoms with Crippen molar-refractivity contribution in [2.75, 3.05) is 6.54 Å². The van der Waals surface area contributed by atoms with E-state index < -0.39 is 0 Å². The van der Waals surface area contributed by atoms with Gasteiger partial charge in [0.15, 0.2) is 0 Å². The summed E-state index contributed by atoms with van der Waals surface area (Å²) < 4.78 is 0. The lowest BCUT2D eigenvalue weighted by atomic mass is 9.96. The van der Waals surface area contributed by atoms with E-state index in [1.54, 1.807) is 6.20 Å². The summed E-state index contributed by atoms with van der Waals surface area (Å²) in [4.78, 5) is 8.91. The van der Waals surface area contributed by atoms with Crippen molar-refractivity contribution in [1.29, 1.82) is 0 Å². The molecule has 1 aliphatic rings. The highest BCUT2D eigenvalue weighted by atomic mass is 15.1. The number of rotatable bonds is 2. The molecule has 1 aromatic carbocycles. The Bertz CT molecular complexity index is 897. The lowest BCUT2D eigenvalue weighted by molar-refractivity contribution is 0.817. The first-order valence-corrected chi connectivity index (χ1v) is 7.78. The normalized spacial score (nSPS) is 16.5. The molecule has 0 atom stereocenters. The monoisotopic (exact) mass is 300 g/mol. The van der Waals surface area contributed by atoms with E-state index in [-0.39, 0.29) is 0 Å². The van der Waals surface area contributed by atoms with E-state index in [1.165, 1.54) is 5.57 Å². The van der Waals surface area contributed by atoms with Gasteiger partial charge < -0.3 is 0 Å². The maximum atomic E-state index is 4.70. The molecule has 0 saturated heterocycles. The van der Waals surface area contributed by atoms with Gasteiger partial charge in [-0.25, -0.2) is 0 Å². The van der Waals surface area contributed by atoms with E-state index in [9.17, 15) is 0 Å². The number of fused-ring (bicyclic) bond motifs is 1. The van der Waals surface area contributed by atoms with E-state index in [0.717, 1.165) is 47.3 Å². The van der Waals surface area contributed by atoms with E-state index in [4.69, 9.17) is 4.99 Å². The van der Waals surface area contributed by atoms with Crippen LogP contribution in [0.3, 0.4) is 0 Å². The molecule has 2 aromatic heterocycles. The smallest absolute Gasteiger partial charge is 0.0930 e. The third-order valence-corrected chi connectivity index (χ3v) is 3.95. The summed E-state index contributed by atoms with van der Waals surface area (Å²) >= 11 is 0. The van der Waals surface area contributed by atoms with E-state index in [0.29, 0.717) is 0 Å². The van der Waals surface area contributed by atoms with E-state index >= 15 is 0 Å². The van der Waals surface area contributed by atoms with E-state index in [2.05, 4.69) is 39.5 Å². The van der Waals surface area contributed by atoms with Crippen molar-refractivity contribution in [2.24, 2.45) is 4.99 Å². The molecule has 0 radical (unpaired) electrons. The fraction of sp³-hybridized carbons (Fsp3) is 0.158. The quantitative estimate of drug-likeness (QED) is 0.725. The summed E-state index contributed by atoms with van der Waals surface area (Å²) in [6.45, 7) is 0.866. The van der Waals surface area contributed by atoms with E-state index in [1.807, 2.05) is 30.5 Å². The summed E-state index contributed by atoms with van der Waals surface area (Å²) in [7, 11) is 0. The van der Waals surface area contributed by atoms with Gasteiger partial charge in [0.25, 0.3) is 0 Å². The number of pyridine rings is 1. The maximum absolute atomic E-state index is 4.70. The zero-order valence-electron chi connectivity index (χ0n) is 12.7. The molecule has 0 N–H and O–H groups in total. The molecule has 0 saturated carbocycles. The predicted molar refractivity (Wildman–Crippen MR) is 92.4 cm³/mol. The fourth-order valence-corrected chi connectivity index (χ4v) is 2.85. The minimum absolute atomic E-state index is 0.866. The maximum Gasteiger partial charge on any atom is 0.0930 e. The van der Waals surface area contributed by atoms with Crippen LogP contribution in [0.15, 0.2) is 65.4 Å². The van der Waals surface area contributed by atoms with Crippen LogP contribution in [0.2, 0.25) is 0 Å². The number of aliphatic imine (C=N–C) groups is 1. The second kappa shape index (κ2) is 6.08. The number of hydrogen-bond acceptors (Lipinski definition) is 4. The van der Waals surface area contributed by atoms with Crippen LogP contribution in [0.4, 0.5) is 0 Å². The van der Waals surface area contributed by atoms with Gasteiger partial charge in [-0.15, -0.1) is 5.10 Å². The second-order valence-electron chi connectivity index (χ2n) is 5.57. The van der Waals surface area contributed by atoms with Crippen molar-refractivity contribution in [1.82, 2.24) is 15.2 Å². The summed E-state index contributed by atoms with van der Waals surface area (Å²) in [5.74, 6) is 0. The van der Waals surface area contributed by atoms with Crippen molar-refractivity contribution >= 4 is 22.7 Å². The molecule has 4 rings (SSSR count). The Balaban J connectivity index is 1.75. The molecular weight excluding hydrogens is 284 g/mol. The lowest BCUT2D eigenvalue weighted by Crippen LogP contribution is -2.12. The molecule has 112 valence electrons. The largest absolute Gasteiger partial charge is 0.284 e. The molecule has 0 amide bonds. The third-order valence-electron chi connectivity index (χ3n) is 3.95. The van der Waals surface area contributed by atoms with Crippen LogP contribution in [-0.4, -0.2) is 27.4 Å². The Kier molecular flexibility index (Phi) is 3.64. The predicted octanol–water partition coefficient (Wildman–Crippen LogP) is 3.69. The van der Waals surface area contributed by atoms with Crippen LogP contribution in [-0.2, 0) is 0 Å². The minimum Gasteiger partial charge on any atom is -0.284 e. The summed E-state index contributed by atoms with van der Waals surface area (Å²) in [6, 6.07) is 14.1. The van der Waals surface area contributed by atoms with Gasteiger partial charge in [-0.2, -0.15) is 5.10 Å². The highest BCUT2D eigenvalue weighted by molar-refractivity contribution is 6.15. The molecule has 3 aromatic rings. The van der Waals surface area contributed by atoms with Crippen molar-refractivity contribution in [3.8, 4) is 0 Å². The van der Waals surface area contributed by atoms with Gasteiger partial charge in [0.2, 0.25) is 0 Å². The molecule has 1 aliphatic heterocycles. The molecule has 0 fully saturated rings. The van der Waals surface area contributed by atoms with Crippen molar-refractivity contribution in [2.45, 2.75) is 12.8 Å². The summed E-state index contributed by atoms with van der Waals surface area (Å²) in [5.41, 5.74) is 5.08. The Morgan fingerprint density at radius 2 is 1.96 bits per heavy atom. The Hall–Kier alpha value is -2.88. The molecule has 0 bridgehead atoms. The van der Waals surface area contributed by atoms with Crippen LogP contribution in [0, 0.1) is 0 Å². The van der Waals surface area contributed by atoms with Crippen LogP contribution in [0.5, 0.6) is 0 Å². The molecule has 4 nitrogen and oxygen atoms in total.